The van der Waals surface area contributed by atoms with Gasteiger partial charge in [-0.15, -0.1) is 0 Å². The summed E-state index contributed by atoms with van der Waals surface area (Å²) in [5.41, 5.74) is 2.93. The van der Waals surface area contributed by atoms with Crippen LogP contribution in [0.2, 0.25) is 0 Å². The van der Waals surface area contributed by atoms with Crippen molar-refractivity contribution in [3.63, 3.8) is 0 Å². The zero-order chi connectivity index (χ0) is 23.7. The van der Waals surface area contributed by atoms with E-state index in [4.69, 9.17) is 17.0 Å². The molecule has 180 valence electrons. The number of nitrogens with one attached hydrogen (secondary N) is 2. The van der Waals surface area contributed by atoms with Gasteiger partial charge in [0, 0.05) is 37.7 Å². The van der Waals surface area contributed by atoms with Gasteiger partial charge in [-0.1, -0.05) is 12.2 Å². The molecule has 1 unspecified atom stereocenters. The maximum absolute atomic E-state index is 15.0. The van der Waals surface area contributed by atoms with Gasteiger partial charge >= 0.3 is 12.5 Å². The number of hydrazine groups is 1. The number of benzene rings is 1. The third kappa shape index (κ3) is 5.29. The quantitative estimate of drug-likeness (QED) is 0.468. The number of carbonyl (C=O) groups excluding carboxylic acids is 2. The molecule has 13 heteroatoms. The lowest BCUT2D eigenvalue weighted by Crippen LogP contribution is -2.43. The summed E-state index contributed by atoms with van der Waals surface area (Å²) in [6, 6.07) is 2.06. The fourth-order valence-electron chi connectivity index (χ4n) is 3.83. The van der Waals surface area contributed by atoms with Crippen molar-refractivity contribution in [2.75, 3.05) is 49.1 Å². The highest BCUT2D eigenvalue weighted by Crippen LogP contribution is 2.33. The molecule has 1 aliphatic carbocycles. The number of halogens is 4. The van der Waals surface area contributed by atoms with Crippen LogP contribution in [0, 0.1) is 17.6 Å². The highest BCUT2D eigenvalue weighted by atomic mass is 32.1. The molecule has 0 radical (unpaired) electrons. The second-order valence-electron chi connectivity index (χ2n) is 8.08. The van der Waals surface area contributed by atoms with Gasteiger partial charge in [-0.05, 0) is 12.8 Å². The first-order chi connectivity index (χ1) is 15.7. The van der Waals surface area contributed by atoms with Crippen molar-refractivity contribution in [2.24, 2.45) is 5.92 Å². The molecule has 1 aromatic carbocycles. The molecule has 2 amide bonds. The Hall–Kier alpha value is -2.67. The Morgan fingerprint density at radius 3 is 2.55 bits per heavy atom. The van der Waals surface area contributed by atoms with Crippen LogP contribution in [0.25, 0.3) is 0 Å². The minimum absolute atomic E-state index is 0.0640. The van der Waals surface area contributed by atoms with Gasteiger partial charge in [0.05, 0.1) is 30.3 Å². The van der Waals surface area contributed by atoms with E-state index in [0.717, 1.165) is 34.9 Å². The van der Waals surface area contributed by atoms with Crippen molar-refractivity contribution in [2.45, 2.75) is 25.4 Å². The molecule has 1 atom stereocenters. The van der Waals surface area contributed by atoms with Crippen molar-refractivity contribution >= 4 is 40.6 Å². The van der Waals surface area contributed by atoms with Crippen molar-refractivity contribution in [3.8, 4) is 0 Å². The monoisotopic (exact) mass is 489 g/mol. The molecule has 0 aromatic heterocycles. The third-order valence-corrected chi connectivity index (χ3v) is 6.23. The highest BCUT2D eigenvalue weighted by Gasteiger charge is 2.35. The van der Waals surface area contributed by atoms with Crippen LogP contribution >= 0.6 is 12.2 Å². The first-order valence-corrected chi connectivity index (χ1v) is 11.0. The fourth-order valence-corrected chi connectivity index (χ4v) is 4.23. The number of hydrogen-bond donors (Lipinski definition) is 2. The van der Waals surface area contributed by atoms with Crippen molar-refractivity contribution in [1.82, 2.24) is 15.8 Å². The van der Waals surface area contributed by atoms with E-state index in [-0.39, 0.29) is 24.5 Å². The van der Waals surface area contributed by atoms with Crippen molar-refractivity contribution in [3.05, 3.63) is 23.8 Å². The van der Waals surface area contributed by atoms with E-state index in [1.54, 1.807) is 4.90 Å². The van der Waals surface area contributed by atoms with E-state index >= 15 is 0 Å². The standard InChI is InChI=1S/C20H23F4N5O3S/c21-14-7-12(28-10-13(32-20(28)31)9-25-18(30)17(23)24)8-15(22)16(14)27-4-3-26-29(6-5-27)19(33)11-1-2-11/h7-8,11,13,17,26H,1-6,9-10H2,(H,25,30). The molecule has 33 heavy (non-hydrogen) atoms. The zero-order valence-corrected chi connectivity index (χ0v) is 18.3. The first-order valence-electron chi connectivity index (χ1n) is 10.6. The van der Waals surface area contributed by atoms with Crippen LogP contribution < -0.4 is 20.5 Å². The highest BCUT2D eigenvalue weighted by molar-refractivity contribution is 7.80. The van der Waals surface area contributed by atoms with E-state index in [9.17, 15) is 27.2 Å². The topological polar surface area (TPSA) is 77.2 Å². The van der Waals surface area contributed by atoms with E-state index in [1.165, 1.54) is 0 Å². The minimum atomic E-state index is -3.19. The van der Waals surface area contributed by atoms with Crippen LogP contribution in [-0.4, -0.2) is 73.8 Å². The summed E-state index contributed by atoms with van der Waals surface area (Å²) in [5.74, 6) is -2.79. The Labute approximate surface area is 192 Å². The molecule has 0 bridgehead atoms. The Balaban J connectivity index is 1.42. The van der Waals surface area contributed by atoms with Gasteiger partial charge in [-0.3, -0.25) is 14.7 Å². The maximum atomic E-state index is 15.0. The number of carbonyl (C=O) groups is 2. The number of nitrogens with zero attached hydrogens (tertiary/aromatic N) is 3. The maximum Gasteiger partial charge on any atom is 0.414 e. The molecule has 4 rings (SSSR count). The SMILES string of the molecule is O=C(NCC1CN(c2cc(F)c(N3CCNN(C(=S)C4CC4)CC3)c(F)c2)C(=O)O1)C(F)F. The number of cyclic esters (lactones) is 1. The van der Waals surface area contributed by atoms with Crippen LogP contribution in [-0.2, 0) is 9.53 Å². The summed E-state index contributed by atoms with van der Waals surface area (Å²) >= 11 is 5.46. The molecular weight excluding hydrogens is 466 g/mol. The molecule has 0 spiro atoms. The van der Waals surface area contributed by atoms with Crippen molar-refractivity contribution in [1.29, 1.82) is 0 Å². The number of amides is 2. The van der Waals surface area contributed by atoms with E-state index in [2.05, 4.69) is 5.43 Å². The van der Waals surface area contributed by atoms with E-state index in [1.807, 2.05) is 10.3 Å². The first kappa shape index (κ1) is 23.5. The summed E-state index contributed by atoms with van der Waals surface area (Å²) in [4.78, 5) is 26.5. The lowest BCUT2D eigenvalue weighted by atomic mass is 10.2. The Bertz CT molecular complexity index is 925. The largest absolute Gasteiger partial charge is 0.442 e. The molecular formula is C20H23F4N5O3S. The fraction of sp³-hybridized carbons (Fsp3) is 0.550. The van der Waals surface area contributed by atoms with Gasteiger partial charge in [0.25, 0.3) is 5.91 Å². The molecule has 2 N–H and O–H groups in total. The zero-order valence-electron chi connectivity index (χ0n) is 17.5. The molecule has 2 heterocycles. The average molecular weight is 489 g/mol. The number of alkyl halides is 2. The number of anilines is 2. The molecule has 3 fully saturated rings. The van der Waals surface area contributed by atoms with Crippen molar-refractivity contribution < 1.29 is 31.9 Å². The normalized spacial score (nSPS) is 21.3. The van der Waals surface area contributed by atoms with Gasteiger partial charge in [-0.2, -0.15) is 8.78 Å². The smallest absolute Gasteiger partial charge is 0.414 e. The average Bonchev–Trinajstić information content (AvgIpc) is 3.57. The minimum Gasteiger partial charge on any atom is -0.442 e. The molecule has 3 aliphatic rings. The van der Waals surface area contributed by atoms with Gasteiger partial charge in [0.15, 0.2) is 11.6 Å². The lowest BCUT2D eigenvalue weighted by Gasteiger charge is -2.25. The van der Waals surface area contributed by atoms with Gasteiger partial charge in [-0.25, -0.2) is 19.0 Å². The van der Waals surface area contributed by atoms with Gasteiger partial charge in [0.1, 0.15) is 11.8 Å². The summed E-state index contributed by atoms with van der Waals surface area (Å²) in [6.07, 6.45) is -2.89. The Kier molecular flexibility index (Phi) is 6.88. The predicted octanol–water partition coefficient (Wildman–Crippen LogP) is 2.04. The second-order valence-corrected chi connectivity index (χ2v) is 8.50. The van der Waals surface area contributed by atoms with Crippen LogP contribution in [0.4, 0.5) is 33.7 Å². The number of thiocarbonyl (C=S) groups is 1. The number of ether oxygens (including phenoxy) is 1. The molecule has 2 aliphatic heterocycles. The summed E-state index contributed by atoms with van der Waals surface area (Å²) in [5, 5.41) is 3.82. The summed E-state index contributed by atoms with van der Waals surface area (Å²) < 4.78 is 59.6. The Morgan fingerprint density at radius 1 is 1.21 bits per heavy atom. The Morgan fingerprint density at radius 2 is 1.91 bits per heavy atom. The van der Waals surface area contributed by atoms with E-state index < -0.39 is 36.2 Å². The molecule has 1 aromatic rings. The second kappa shape index (κ2) is 9.67. The third-order valence-electron chi connectivity index (χ3n) is 5.68. The van der Waals surface area contributed by atoms with Gasteiger partial charge in [0.2, 0.25) is 0 Å². The van der Waals surface area contributed by atoms with Crippen LogP contribution in [0.1, 0.15) is 12.8 Å². The molecule has 2 saturated heterocycles. The number of rotatable bonds is 6. The van der Waals surface area contributed by atoms with Crippen LogP contribution in [0.15, 0.2) is 12.1 Å². The van der Waals surface area contributed by atoms with Crippen LogP contribution in [0.3, 0.4) is 0 Å². The van der Waals surface area contributed by atoms with Gasteiger partial charge < -0.3 is 15.0 Å². The van der Waals surface area contributed by atoms with Crippen LogP contribution in [0.5, 0.6) is 0 Å². The predicted molar refractivity (Wildman–Crippen MR) is 115 cm³/mol. The molecule has 8 nitrogen and oxygen atoms in total. The van der Waals surface area contributed by atoms with E-state index in [0.29, 0.717) is 32.1 Å². The number of hydrogen-bond acceptors (Lipinski definition) is 6. The summed E-state index contributed by atoms with van der Waals surface area (Å²) in [6.45, 7) is 1.15. The summed E-state index contributed by atoms with van der Waals surface area (Å²) in [7, 11) is 0. The lowest BCUT2D eigenvalue weighted by molar-refractivity contribution is -0.132. The molecule has 1 saturated carbocycles.